The number of phenolic OH excluding ortho intramolecular Hbond substituents is 1. The van der Waals surface area contributed by atoms with Crippen LogP contribution in [-0.2, 0) is 0 Å². The predicted octanol–water partition coefficient (Wildman–Crippen LogP) is 2.79. The molecule has 4 nitrogen and oxygen atoms in total. The number of amides is 1. The normalized spacial score (nSPS) is 10.0. The van der Waals surface area contributed by atoms with E-state index in [0.29, 0.717) is 0 Å². The van der Waals surface area contributed by atoms with Crippen molar-refractivity contribution in [2.75, 3.05) is 12.4 Å². The van der Waals surface area contributed by atoms with Gasteiger partial charge in [0.15, 0.2) is 0 Å². The van der Waals surface area contributed by atoms with Gasteiger partial charge in [-0.15, -0.1) is 0 Å². The Hall–Kier alpha value is -2.56. The molecule has 0 aliphatic carbocycles. The number of methoxy groups -OCH3 is 1. The molecule has 0 radical (unpaired) electrons. The number of rotatable bonds is 3. The van der Waals surface area contributed by atoms with E-state index in [-0.39, 0.29) is 22.7 Å². The second-order valence-electron chi connectivity index (χ2n) is 3.79. The minimum Gasteiger partial charge on any atom is -0.507 e. The molecular formula is C14H12FNO3. The van der Waals surface area contributed by atoms with Crippen LogP contribution in [0.1, 0.15) is 10.4 Å². The van der Waals surface area contributed by atoms with Crippen LogP contribution >= 0.6 is 0 Å². The molecule has 0 fully saturated rings. The van der Waals surface area contributed by atoms with E-state index in [0.717, 1.165) is 0 Å². The van der Waals surface area contributed by atoms with Gasteiger partial charge in [0.1, 0.15) is 22.9 Å². The van der Waals surface area contributed by atoms with Crippen LogP contribution in [0.4, 0.5) is 10.1 Å². The molecule has 0 atom stereocenters. The smallest absolute Gasteiger partial charge is 0.263 e. The molecule has 98 valence electrons. The van der Waals surface area contributed by atoms with Crippen molar-refractivity contribution in [2.24, 2.45) is 0 Å². The van der Waals surface area contributed by atoms with Gasteiger partial charge in [0.2, 0.25) is 0 Å². The van der Waals surface area contributed by atoms with Gasteiger partial charge < -0.3 is 15.2 Å². The largest absolute Gasteiger partial charge is 0.507 e. The van der Waals surface area contributed by atoms with Crippen LogP contribution in [0, 0.1) is 5.82 Å². The third-order valence-electron chi connectivity index (χ3n) is 2.57. The van der Waals surface area contributed by atoms with Crippen LogP contribution < -0.4 is 10.1 Å². The van der Waals surface area contributed by atoms with Crippen LogP contribution in [0.2, 0.25) is 0 Å². The molecule has 2 N–H and O–H groups in total. The maximum Gasteiger partial charge on any atom is 0.263 e. The van der Waals surface area contributed by atoms with E-state index in [1.54, 1.807) is 12.1 Å². The SMILES string of the molecule is COc1cccc(O)c1C(=O)Nc1ccccc1F. The van der Waals surface area contributed by atoms with Gasteiger partial charge in [0.25, 0.3) is 5.91 Å². The van der Waals surface area contributed by atoms with Gasteiger partial charge in [0.05, 0.1) is 12.8 Å². The Labute approximate surface area is 109 Å². The summed E-state index contributed by atoms with van der Waals surface area (Å²) in [7, 11) is 1.38. The second-order valence-corrected chi connectivity index (χ2v) is 3.79. The molecule has 19 heavy (non-hydrogen) atoms. The van der Waals surface area contributed by atoms with E-state index in [1.807, 2.05) is 0 Å². The summed E-state index contributed by atoms with van der Waals surface area (Å²) in [5.41, 5.74) is 0.00561. The summed E-state index contributed by atoms with van der Waals surface area (Å²) in [5.74, 6) is -1.20. The zero-order chi connectivity index (χ0) is 13.8. The number of phenols is 1. The second kappa shape index (κ2) is 5.39. The maximum absolute atomic E-state index is 13.4. The Morgan fingerprint density at radius 2 is 1.95 bits per heavy atom. The van der Waals surface area contributed by atoms with Crippen molar-refractivity contribution in [3.8, 4) is 11.5 Å². The number of benzene rings is 2. The Balaban J connectivity index is 2.33. The van der Waals surface area contributed by atoms with E-state index in [9.17, 15) is 14.3 Å². The Kier molecular flexibility index (Phi) is 3.66. The first-order chi connectivity index (χ1) is 9.13. The van der Waals surface area contributed by atoms with Gasteiger partial charge in [-0.25, -0.2) is 4.39 Å². The summed E-state index contributed by atoms with van der Waals surface area (Å²) in [6, 6.07) is 10.2. The summed E-state index contributed by atoms with van der Waals surface area (Å²) in [6.45, 7) is 0. The molecule has 2 aromatic carbocycles. The number of anilines is 1. The maximum atomic E-state index is 13.4. The first kappa shape index (κ1) is 12.9. The van der Waals surface area contributed by atoms with Crippen LogP contribution in [0.3, 0.4) is 0 Å². The molecule has 0 aliphatic rings. The first-order valence-electron chi connectivity index (χ1n) is 5.55. The first-order valence-corrected chi connectivity index (χ1v) is 5.55. The van der Waals surface area contributed by atoms with Crippen molar-refractivity contribution in [3.63, 3.8) is 0 Å². The molecule has 0 spiro atoms. The standard InChI is InChI=1S/C14H12FNO3/c1-19-12-8-4-7-11(17)13(12)14(18)16-10-6-3-2-5-9(10)15/h2-8,17H,1H3,(H,16,18). The highest BCUT2D eigenvalue weighted by molar-refractivity contribution is 6.08. The number of hydrogen-bond acceptors (Lipinski definition) is 3. The van der Waals surface area contributed by atoms with Crippen molar-refractivity contribution in [1.82, 2.24) is 0 Å². The Morgan fingerprint density at radius 3 is 2.63 bits per heavy atom. The molecule has 0 saturated heterocycles. The molecule has 0 saturated carbocycles. The third kappa shape index (κ3) is 2.65. The average Bonchev–Trinajstić information content (AvgIpc) is 2.40. The van der Waals surface area contributed by atoms with Crippen LogP contribution in [-0.4, -0.2) is 18.1 Å². The lowest BCUT2D eigenvalue weighted by atomic mass is 10.1. The van der Waals surface area contributed by atoms with Gasteiger partial charge in [-0.3, -0.25) is 4.79 Å². The number of aromatic hydroxyl groups is 1. The summed E-state index contributed by atoms with van der Waals surface area (Å²) in [4.78, 5) is 12.0. The van der Waals surface area contributed by atoms with Crippen molar-refractivity contribution in [2.45, 2.75) is 0 Å². The van der Waals surface area contributed by atoms with Crippen molar-refractivity contribution in [1.29, 1.82) is 0 Å². The molecule has 5 heteroatoms. The minimum absolute atomic E-state index is 0.0340. The molecule has 0 aliphatic heterocycles. The van der Waals surface area contributed by atoms with E-state index in [1.165, 1.54) is 37.4 Å². The summed E-state index contributed by atoms with van der Waals surface area (Å²) in [6.07, 6.45) is 0. The fourth-order valence-electron chi connectivity index (χ4n) is 1.67. The number of carbonyl (C=O) groups excluding carboxylic acids is 1. The van der Waals surface area contributed by atoms with Gasteiger partial charge in [0, 0.05) is 0 Å². The average molecular weight is 261 g/mol. The van der Waals surface area contributed by atoms with E-state index in [2.05, 4.69) is 5.32 Å². The van der Waals surface area contributed by atoms with E-state index in [4.69, 9.17) is 4.74 Å². The fourth-order valence-corrected chi connectivity index (χ4v) is 1.67. The number of nitrogens with one attached hydrogen (secondary N) is 1. The number of carbonyl (C=O) groups is 1. The number of para-hydroxylation sites is 1. The minimum atomic E-state index is -0.639. The zero-order valence-corrected chi connectivity index (χ0v) is 10.2. The predicted molar refractivity (Wildman–Crippen MR) is 69.0 cm³/mol. The van der Waals surface area contributed by atoms with Crippen LogP contribution in [0.5, 0.6) is 11.5 Å². The molecule has 0 unspecified atom stereocenters. The number of halogens is 1. The molecule has 1 amide bonds. The van der Waals surface area contributed by atoms with E-state index < -0.39 is 11.7 Å². The molecule has 2 aromatic rings. The van der Waals surface area contributed by atoms with Crippen molar-refractivity contribution in [3.05, 3.63) is 53.8 Å². The summed E-state index contributed by atoms with van der Waals surface area (Å²) in [5, 5.41) is 12.1. The highest BCUT2D eigenvalue weighted by Gasteiger charge is 2.18. The van der Waals surface area contributed by atoms with Gasteiger partial charge in [-0.05, 0) is 24.3 Å². The quantitative estimate of drug-likeness (QED) is 0.893. The number of ether oxygens (including phenoxy) is 1. The van der Waals surface area contributed by atoms with Crippen molar-refractivity contribution >= 4 is 11.6 Å². The molecular weight excluding hydrogens is 249 g/mol. The highest BCUT2D eigenvalue weighted by Crippen LogP contribution is 2.28. The zero-order valence-electron chi connectivity index (χ0n) is 10.2. The summed E-state index contributed by atoms with van der Waals surface area (Å²) >= 11 is 0. The molecule has 0 heterocycles. The lowest BCUT2D eigenvalue weighted by Gasteiger charge is -2.11. The fraction of sp³-hybridized carbons (Fsp3) is 0.0714. The van der Waals surface area contributed by atoms with Crippen LogP contribution in [0.15, 0.2) is 42.5 Å². The van der Waals surface area contributed by atoms with Gasteiger partial charge >= 0.3 is 0 Å². The van der Waals surface area contributed by atoms with Crippen LogP contribution in [0.25, 0.3) is 0 Å². The monoisotopic (exact) mass is 261 g/mol. The Morgan fingerprint density at radius 1 is 1.21 bits per heavy atom. The van der Waals surface area contributed by atoms with Gasteiger partial charge in [-0.2, -0.15) is 0 Å². The topological polar surface area (TPSA) is 58.6 Å². The lowest BCUT2D eigenvalue weighted by Crippen LogP contribution is -2.14. The molecule has 0 aromatic heterocycles. The molecule has 2 rings (SSSR count). The summed E-state index contributed by atoms with van der Waals surface area (Å²) < 4.78 is 18.4. The molecule has 0 bridgehead atoms. The van der Waals surface area contributed by atoms with Gasteiger partial charge in [-0.1, -0.05) is 18.2 Å². The van der Waals surface area contributed by atoms with Crippen molar-refractivity contribution < 1.29 is 19.0 Å². The third-order valence-corrected chi connectivity index (χ3v) is 2.57. The van der Waals surface area contributed by atoms with E-state index >= 15 is 0 Å². The number of hydrogen-bond donors (Lipinski definition) is 2. The highest BCUT2D eigenvalue weighted by atomic mass is 19.1. The Bertz CT molecular complexity index is 613. The lowest BCUT2D eigenvalue weighted by molar-refractivity contribution is 0.102.